The van der Waals surface area contributed by atoms with Crippen LogP contribution in [0, 0.1) is 11.8 Å². The van der Waals surface area contributed by atoms with Gasteiger partial charge in [-0.15, -0.1) is 0 Å². The van der Waals surface area contributed by atoms with Gasteiger partial charge in [0.1, 0.15) is 5.60 Å². The van der Waals surface area contributed by atoms with E-state index in [2.05, 4.69) is 0 Å². The van der Waals surface area contributed by atoms with Gasteiger partial charge in [-0.25, -0.2) is 0 Å². The predicted octanol–water partition coefficient (Wildman–Crippen LogP) is 3.83. The van der Waals surface area contributed by atoms with E-state index in [0.717, 1.165) is 12.0 Å². The summed E-state index contributed by atoms with van der Waals surface area (Å²) in [7, 11) is 0. The van der Waals surface area contributed by atoms with Crippen LogP contribution in [-0.2, 0) is 20.7 Å². The fourth-order valence-electron chi connectivity index (χ4n) is 2.90. The number of carbonyl (C=O) groups excluding carboxylic acids is 1. The van der Waals surface area contributed by atoms with Crippen LogP contribution in [0.25, 0.3) is 0 Å². The minimum atomic E-state index is -0.983. The van der Waals surface area contributed by atoms with Crippen LogP contribution in [-0.4, -0.2) is 33.9 Å². The van der Waals surface area contributed by atoms with Gasteiger partial charge in [0, 0.05) is 6.42 Å². The van der Waals surface area contributed by atoms with Crippen LogP contribution in [0.2, 0.25) is 0 Å². The van der Waals surface area contributed by atoms with Gasteiger partial charge in [-0.3, -0.25) is 9.59 Å². The van der Waals surface area contributed by atoms with E-state index in [1.807, 2.05) is 58.0 Å². The highest BCUT2D eigenvalue weighted by Crippen LogP contribution is 2.21. The summed E-state index contributed by atoms with van der Waals surface area (Å²) in [5.41, 5.74) is 0.413. The van der Waals surface area contributed by atoms with Crippen molar-refractivity contribution in [3.05, 3.63) is 35.9 Å². The number of ether oxygens (including phenoxy) is 1. The first-order valence-corrected chi connectivity index (χ1v) is 9.25. The van der Waals surface area contributed by atoms with E-state index in [0.29, 0.717) is 25.7 Å². The second-order valence-electron chi connectivity index (χ2n) is 8.03. The standard InChI is InChI=1S/C21H32O5/c1-15(13-19(23)26-21(2,3)4)9-8-12-18(22)17(20(24)25)14-16-10-6-5-7-11-16/h5-7,10-11,15,17-18,22H,8-9,12-14H2,1-4H3,(H,24,25)/t15?,17-,18+/m0/s1. The monoisotopic (exact) mass is 364 g/mol. The number of hydrogen-bond donors (Lipinski definition) is 2. The van der Waals surface area contributed by atoms with Gasteiger partial charge in [0.2, 0.25) is 0 Å². The number of aliphatic carboxylic acids is 1. The third kappa shape index (κ3) is 8.99. The third-order valence-electron chi connectivity index (χ3n) is 4.21. The molecule has 0 spiro atoms. The molecule has 0 amide bonds. The normalized spacial score (nSPS) is 15.1. The number of aliphatic hydroxyl groups is 1. The van der Waals surface area contributed by atoms with Crippen molar-refractivity contribution in [3.8, 4) is 0 Å². The van der Waals surface area contributed by atoms with Crippen molar-refractivity contribution in [1.82, 2.24) is 0 Å². The summed E-state index contributed by atoms with van der Waals surface area (Å²) >= 11 is 0. The van der Waals surface area contributed by atoms with Gasteiger partial charge in [-0.05, 0) is 45.1 Å². The maximum atomic E-state index is 11.8. The van der Waals surface area contributed by atoms with Crippen molar-refractivity contribution in [2.75, 3.05) is 0 Å². The molecule has 2 N–H and O–H groups in total. The molecule has 0 aliphatic carbocycles. The van der Waals surface area contributed by atoms with Crippen LogP contribution in [0.3, 0.4) is 0 Å². The fourth-order valence-corrected chi connectivity index (χ4v) is 2.90. The zero-order chi connectivity index (χ0) is 19.7. The summed E-state index contributed by atoms with van der Waals surface area (Å²) in [5.74, 6) is -1.89. The van der Waals surface area contributed by atoms with Crippen molar-refractivity contribution in [2.24, 2.45) is 11.8 Å². The molecule has 1 rings (SSSR count). The summed E-state index contributed by atoms with van der Waals surface area (Å²) in [6.45, 7) is 7.48. The van der Waals surface area contributed by atoms with Gasteiger partial charge < -0.3 is 14.9 Å². The van der Waals surface area contributed by atoms with Gasteiger partial charge >= 0.3 is 11.9 Å². The zero-order valence-electron chi connectivity index (χ0n) is 16.3. The van der Waals surface area contributed by atoms with Crippen LogP contribution < -0.4 is 0 Å². The Morgan fingerprint density at radius 3 is 2.27 bits per heavy atom. The van der Waals surface area contributed by atoms with Crippen molar-refractivity contribution < 1.29 is 24.5 Å². The van der Waals surface area contributed by atoms with Crippen LogP contribution in [0.15, 0.2) is 30.3 Å². The molecule has 0 aliphatic rings. The van der Waals surface area contributed by atoms with Crippen LogP contribution in [0.5, 0.6) is 0 Å². The lowest BCUT2D eigenvalue weighted by Gasteiger charge is -2.22. The number of benzene rings is 1. The average Bonchev–Trinajstić information content (AvgIpc) is 2.51. The number of carbonyl (C=O) groups is 2. The van der Waals surface area contributed by atoms with Crippen LogP contribution >= 0.6 is 0 Å². The molecule has 0 saturated carbocycles. The van der Waals surface area contributed by atoms with Gasteiger partial charge in [0.05, 0.1) is 12.0 Å². The molecule has 146 valence electrons. The first kappa shape index (κ1) is 22.2. The second-order valence-corrected chi connectivity index (χ2v) is 8.03. The fraction of sp³-hybridized carbons (Fsp3) is 0.619. The molecule has 0 bridgehead atoms. The van der Waals surface area contributed by atoms with Gasteiger partial charge in [-0.1, -0.05) is 50.1 Å². The second kappa shape index (κ2) is 10.3. The summed E-state index contributed by atoms with van der Waals surface area (Å²) < 4.78 is 5.31. The number of hydrogen-bond acceptors (Lipinski definition) is 4. The predicted molar refractivity (Wildman–Crippen MR) is 101 cm³/mol. The molecular weight excluding hydrogens is 332 g/mol. The Morgan fingerprint density at radius 2 is 1.73 bits per heavy atom. The summed E-state index contributed by atoms with van der Waals surface area (Å²) in [6, 6.07) is 9.33. The van der Waals surface area contributed by atoms with Gasteiger partial charge in [0.15, 0.2) is 0 Å². The van der Waals surface area contributed by atoms with Crippen molar-refractivity contribution in [2.45, 2.75) is 71.5 Å². The lowest BCUT2D eigenvalue weighted by atomic mass is 9.90. The SMILES string of the molecule is CC(CCC[C@@H](O)[C@H](Cc1ccccc1)C(=O)O)CC(=O)OC(C)(C)C. The van der Waals surface area contributed by atoms with Crippen LogP contribution in [0.1, 0.15) is 58.9 Å². The van der Waals surface area contributed by atoms with Gasteiger partial charge in [-0.2, -0.15) is 0 Å². The average molecular weight is 364 g/mol. The third-order valence-corrected chi connectivity index (χ3v) is 4.21. The quantitative estimate of drug-likeness (QED) is 0.617. The molecule has 0 aliphatic heterocycles. The lowest BCUT2D eigenvalue weighted by molar-refractivity contribution is -0.155. The molecule has 0 radical (unpaired) electrons. The van der Waals surface area contributed by atoms with E-state index in [4.69, 9.17) is 4.74 Å². The van der Waals surface area contributed by atoms with Gasteiger partial charge in [0.25, 0.3) is 0 Å². The Bertz CT molecular complexity index is 562. The zero-order valence-corrected chi connectivity index (χ0v) is 16.3. The molecule has 0 aromatic heterocycles. The highest BCUT2D eigenvalue weighted by Gasteiger charge is 2.26. The summed E-state index contributed by atoms with van der Waals surface area (Å²) in [5, 5.41) is 19.7. The maximum Gasteiger partial charge on any atom is 0.309 e. The Kier molecular flexibility index (Phi) is 8.79. The van der Waals surface area contributed by atoms with E-state index >= 15 is 0 Å². The van der Waals surface area contributed by atoms with E-state index in [9.17, 15) is 19.8 Å². The van der Waals surface area contributed by atoms with Crippen LogP contribution in [0.4, 0.5) is 0 Å². The first-order chi connectivity index (χ1) is 12.1. The van der Waals surface area contributed by atoms with Crippen molar-refractivity contribution in [1.29, 1.82) is 0 Å². The van der Waals surface area contributed by atoms with E-state index < -0.39 is 23.6 Å². The topological polar surface area (TPSA) is 83.8 Å². The Balaban J connectivity index is 2.42. The Hall–Kier alpha value is -1.88. The first-order valence-electron chi connectivity index (χ1n) is 9.25. The molecule has 5 nitrogen and oxygen atoms in total. The Morgan fingerprint density at radius 1 is 1.12 bits per heavy atom. The maximum absolute atomic E-state index is 11.8. The summed E-state index contributed by atoms with van der Waals surface area (Å²) in [4.78, 5) is 23.3. The molecule has 1 aromatic carbocycles. The number of rotatable bonds is 10. The molecule has 5 heteroatoms. The van der Waals surface area contributed by atoms with E-state index in [-0.39, 0.29) is 11.9 Å². The highest BCUT2D eigenvalue weighted by molar-refractivity contribution is 5.71. The van der Waals surface area contributed by atoms with Crippen molar-refractivity contribution >= 4 is 11.9 Å². The number of aliphatic hydroxyl groups excluding tert-OH is 1. The molecule has 1 unspecified atom stereocenters. The number of esters is 1. The van der Waals surface area contributed by atoms with Crippen molar-refractivity contribution in [3.63, 3.8) is 0 Å². The minimum Gasteiger partial charge on any atom is -0.481 e. The number of carboxylic acids is 1. The molecule has 26 heavy (non-hydrogen) atoms. The van der Waals surface area contributed by atoms with E-state index in [1.54, 1.807) is 0 Å². The lowest BCUT2D eigenvalue weighted by Crippen LogP contribution is -2.30. The highest BCUT2D eigenvalue weighted by atomic mass is 16.6. The largest absolute Gasteiger partial charge is 0.481 e. The van der Waals surface area contributed by atoms with E-state index in [1.165, 1.54) is 0 Å². The molecule has 0 heterocycles. The summed E-state index contributed by atoms with van der Waals surface area (Å²) in [6.07, 6.45) is 1.56. The smallest absolute Gasteiger partial charge is 0.309 e. The molecule has 0 fully saturated rings. The number of carboxylic acid groups (broad SMARTS) is 1. The molecule has 0 saturated heterocycles. The Labute approximate surface area is 156 Å². The molecule has 1 aromatic rings. The minimum absolute atomic E-state index is 0.134. The molecular formula is C21H32O5. The molecule has 3 atom stereocenters.